The third-order valence-corrected chi connectivity index (χ3v) is 2.33. The number of hydrogen-bond donors (Lipinski definition) is 3. The van der Waals surface area contributed by atoms with Gasteiger partial charge in [-0.3, -0.25) is 0 Å². The van der Waals surface area contributed by atoms with Crippen molar-refractivity contribution >= 4 is 12.0 Å². The van der Waals surface area contributed by atoms with Crippen molar-refractivity contribution in [3.63, 3.8) is 0 Å². The highest BCUT2D eigenvalue weighted by molar-refractivity contribution is 5.82. The molecule has 0 fully saturated rings. The van der Waals surface area contributed by atoms with Crippen LogP contribution in [-0.4, -0.2) is 59.0 Å². The summed E-state index contributed by atoms with van der Waals surface area (Å²) in [5.74, 6) is -1.37. The van der Waals surface area contributed by atoms with Gasteiger partial charge >= 0.3 is 18.2 Å². The van der Waals surface area contributed by atoms with Gasteiger partial charge in [-0.1, -0.05) is 13.8 Å². The minimum atomic E-state index is -4.62. The third kappa shape index (κ3) is 7.82. The van der Waals surface area contributed by atoms with Gasteiger partial charge in [0, 0.05) is 6.54 Å². The number of carboxylic acids is 1. The molecule has 0 spiro atoms. The molecule has 0 saturated carbocycles. The lowest BCUT2D eigenvalue weighted by Gasteiger charge is -2.26. The molecule has 9 heteroatoms. The van der Waals surface area contributed by atoms with Gasteiger partial charge in [0.05, 0.1) is 6.61 Å². The number of nitrogens with zero attached hydrogens (tertiary/aromatic N) is 1. The van der Waals surface area contributed by atoms with Crippen molar-refractivity contribution < 1.29 is 33.0 Å². The molecule has 0 radical (unpaired) electrons. The van der Waals surface area contributed by atoms with Gasteiger partial charge in [0.25, 0.3) is 0 Å². The number of hydrogen-bond acceptors (Lipinski definition) is 3. The van der Waals surface area contributed by atoms with E-state index in [0.717, 1.165) is 0 Å². The Morgan fingerprint density at radius 2 is 1.85 bits per heavy atom. The second kappa shape index (κ2) is 7.93. The predicted molar refractivity (Wildman–Crippen MR) is 64.1 cm³/mol. The molecule has 3 N–H and O–H groups in total. The molecule has 0 aliphatic carbocycles. The summed E-state index contributed by atoms with van der Waals surface area (Å²) in [6.07, 6.45) is -4.52. The van der Waals surface area contributed by atoms with E-state index in [1.807, 2.05) is 5.32 Å². The summed E-state index contributed by atoms with van der Waals surface area (Å²) in [5.41, 5.74) is 0. The molecule has 0 unspecified atom stereocenters. The lowest BCUT2D eigenvalue weighted by atomic mass is 10.0. The maximum absolute atomic E-state index is 12.3. The number of aliphatic hydroxyl groups excluding tert-OH is 1. The Morgan fingerprint density at radius 3 is 2.20 bits per heavy atom. The topological polar surface area (TPSA) is 89.9 Å². The maximum atomic E-state index is 12.3. The number of alkyl halides is 3. The van der Waals surface area contributed by atoms with Crippen LogP contribution >= 0.6 is 0 Å². The van der Waals surface area contributed by atoms with Crippen LogP contribution < -0.4 is 5.32 Å². The number of nitrogens with one attached hydrogen (secondary N) is 1. The number of carbonyl (C=O) groups excluding carboxylic acids is 1. The highest BCUT2D eigenvalue weighted by Crippen LogP contribution is 2.16. The molecule has 6 nitrogen and oxygen atoms in total. The standard InChI is InChI=1S/C11H19F3N2O4/c1-7(2)5-8(9(18)19)15-10(20)16(3-4-17)6-11(12,13)14/h7-8,17H,3-6H2,1-2H3,(H,15,20)(H,18,19)/t8-/m0/s1. The minimum absolute atomic E-state index is 0.0506. The van der Waals surface area contributed by atoms with E-state index >= 15 is 0 Å². The van der Waals surface area contributed by atoms with Crippen LogP contribution in [0.15, 0.2) is 0 Å². The van der Waals surface area contributed by atoms with Gasteiger partial charge in [-0.05, 0) is 12.3 Å². The van der Waals surface area contributed by atoms with Crippen molar-refractivity contribution in [2.24, 2.45) is 5.92 Å². The molecule has 0 bridgehead atoms. The smallest absolute Gasteiger partial charge is 0.406 e. The molecule has 118 valence electrons. The van der Waals surface area contributed by atoms with Gasteiger partial charge < -0.3 is 20.4 Å². The van der Waals surface area contributed by atoms with E-state index in [1.165, 1.54) is 0 Å². The first-order valence-corrected chi connectivity index (χ1v) is 6.02. The quantitative estimate of drug-likeness (QED) is 0.655. The van der Waals surface area contributed by atoms with Crippen molar-refractivity contribution in [2.45, 2.75) is 32.5 Å². The highest BCUT2D eigenvalue weighted by atomic mass is 19.4. The van der Waals surface area contributed by atoms with Crippen LogP contribution in [-0.2, 0) is 4.79 Å². The maximum Gasteiger partial charge on any atom is 0.406 e. The Hall–Kier alpha value is -1.51. The number of halogens is 3. The molecule has 1 atom stereocenters. The molecule has 0 rings (SSSR count). The number of aliphatic hydroxyl groups is 1. The van der Waals surface area contributed by atoms with Crippen LogP contribution in [0.1, 0.15) is 20.3 Å². The zero-order valence-corrected chi connectivity index (χ0v) is 11.3. The summed E-state index contributed by atoms with van der Waals surface area (Å²) in [7, 11) is 0. The van der Waals surface area contributed by atoms with Crippen LogP contribution in [0.3, 0.4) is 0 Å². The summed E-state index contributed by atoms with van der Waals surface area (Å²) in [6.45, 7) is 0.727. The number of aliphatic carboxylic acids is 1. The van der Waals surface area contributed by atoms with E-state index in [9.17, 15) is 22.8 Å². The Kier molecular flexibility index (Phi) is 7.33. The van der Waals surface area contributed by atoms with Crippen LogP contribution in [0, 0.1) is 5.92 Å². The van der Waals surface area contributed by atoms with Crippen LogP contribution in [0.4, 0.5) is 18.0 Å². The average Bonchev–Trinajstić information content (AvgIpc) is 2.24. The van der Waals surface area contributed by atoms with Crippen LogP contribution in [0.5, 0.6) is 0 Å². The number of rotatable bonds is 7. The van der Waals surface area contributed by atoms with Gasteiger partial charge in [0.1, 0.15) is 12.6 Å². The summed E-state index contributed by atoms with van der Waals surface area (Å²) >= 11 is 0. The van der Waals surface area contributed by atoms with Gasteiger partial charge in [-0.15, -0.1) is 0 Å². The number of carboxylic acid groups (broad SMARTS) is 1. The fourth-order valence-corrected chi connectivity index (χ4v) is 1.52. The Bertz CT molecular complexity index is 334. The number of amides is 2. The summed E-state index contributed by atoms with van der Waals surface area (Å²) in [5, 5.41) is 19.6. The van der Waals surface area contributed by atoms with Crippen molar-refractivity contribution in [3.8, 4) is 0 Å². The highest BCUT2D eigenvalue weighted by Gasteiger charge is 2.34. The third-order valence-electron chi connectivity index (χ3n) is 2.33. The average molecular weight is 300 g/mol. The molecule has 0 aromatic carbocycles. The SMILES string of the molecule is CC(C)C[C@H](NC(=O)N(CCO)CC(F)(F)F)C(=O)O. The fraction of sp³-hybridized carbons (Fsp3) is 0.818. The molecule has 0 heterocycles. The zero-order chi connectivity index (χ0) is 15.9. The minimum Gasteiger partial charge on any atom is -0.480 e. The first kappa shape index (κ1) is 18.5. The van der Waals surface area contributed by atoms with Crippen LogP contribution in [0.25, 0.3) is 0 Å². The van der Waals surface area contributed by atoms with E-state index in [2.05, 4.69) is 0 Å². The first-order valence-electron chi connectivity index (χ1n) is 6.02. The molecular weight excluding hydrogens is 281 g/mol. The van der Waals surface area contributed by atoms with E-state index in [1.54, 1.807) is 13.8 Å². The van der Waals surface area contributed by atoms with Gasteiger partial charge in [-0.25, -0.2) is 9.59 Å². The van der Waals surface area contributed by atoms with Crippen molar-refractivity contribution in [2.75, 3.05) is 19.7 Å². The van der Waals surface area contributed by atoms with Gasteiger partial charge in [0.15, 0.2) is 0 Å². The fourth-order valence-electron chi connectivity index (χ4n) is 1.52. The van der Waals surface area contributed by atoms with Crippen molar-refractivity contribution in [1.29, 1.82) is 0 Å². The number of carbonyl (C=O) groups is 2. The Labute approximate surface area is 114 Å². The van der Waals surface area contributed by atoms with Gasteiger partial charge in [-0.2, -0.15) is 13.2 Å². The van der Waals surface area contributed by atoms with Gasteiger partial charge in [0.2, 0.25) is 0 Å². The molecule has 2 amide bonds. The Morgan fingerprint density at radius 1 is 1.30 bits per heavy atom. The molecule has 0 aliphatic heterocycles. The summed E-state index contributed by atoms with van der Waals surface area (Å²) in [4.78, 5) is 22.9. The largest absolute Gasteiger partial charge is 0.480 e. The molecule has 0 saturated heterocycles. The normalized spacial score (nSPS) is 13.2. The van der Waals surface area contributed by atoms with Crippen LogP contribution in [0.2, 0.25) is 0 Å². The molecule has 0 aromatic rings. The molecule has 0 aliphatic rings. The van der Waals surface area contributed by atoms with Crippen molar-refractivity contribution in [3.05, 3.63) is 0 Å². The second-order valence-corrected chi connectivity index (χ2v) is 4.73. The van der Waals surface area contributed by atoms with E-state index < -0.39 is 43.9 Å². The predicted octanol–water partition coefficient (Wildman–Crippen LogP) is 1.05. The summed E-state index contributed by atoms with van der Waals surface area (Å²) < 4.78 is 36.8. The van der Waals surface area contributed by atoms with E-state index in [-0.39, 0.29) is 12.3 Å². The first-order chi connectivity index (χ1) is 9.06. The zero-order valence-electron chi connectivity index (χ0n) is 11.3. The monoisotopic (exact) mass is 300 g/mol. The van der Waals surface area contributed by atoms with Crippen molar-refractivity contribution in [1.82, 2.24) is 10.2 Å². The number of urea groups is 1. The molecular formula is C11H19F3N2O4. The lowest BCUT2D eigenvalue weighted by molar-refractivity contribution is -0.141. The Balaban J connectivity index is 4.75. The molecule has 0 aromatic heterocycles. The molecule has 20 heavy (non-hydrogen) atoms. The lowest BCUT2D eigenvalue weighted by Crippen LogP contribution is -2.51. The van der Waals surface area contributed by atoms with E-state index in [4.69, 9.17) is 10.2 Å². The second-order valence-electron chi connectivity index (χ2n) is 4.73. The van der Waals surface area contributed by atoms with E-state index in [0.29, 0.717) is 4.90 Å². The summed E-state index contributed by atoms with van der Waals surface area (Å²) in [6, 6.07) is -2.43.